The molecule has 194 valence electrons. The third-order valence-corrected chi connectivity index (χ3v) is 8.96. The van der Waals surface area contributed by atoms with E-state index in [1.165, 1.54) is 11.4 Å². The summed E-state index contributed by atoms with van der Waals surface area (Å²) in [6.45, 7) is 2.32. The molecule has 1 aromatic heterocycles. The zero-order valence-corrected chi connectivity index (χ0v) is 21.6. The molecule has 1 fully saturated rings. The van der Waals surface area contributed by atoms with Gasteiger partial charge in [0.1, 0.15) is 6.04 Å². The maximum absolute atomic E-state index is 13.4. The average molecular weight is 524 g/mol. The standard InChI is InChI=1S/C26H29N5O5S/c1-17-6-9-21(10-7-17)37(34,35)31-13-12-27-25(32)24(31)15-20-16-30(29-28-20)23-5-3-4-18-14-19(26(33)36-2)8-11-22(18)23/h6-11,14,16,23-24H,3-5,12-13,15H2,1-2H3,(H,27,32)/t23?,24-/m1/s1. The number of esters is 1. The molecule has 1 amide bonds. The van der Waals surface area contributed by atoms with Crippen LogP contribution in [0.4, 0.5) is 0 Å². The number of carbonyl (C=O) groups excluding carboxylic acids is 2. The molecule has 0 spiro atoms. The van der Waals surface area contributed by atoms with Crippen molar-refractivity contribution in [2.45, 2.75) is 49.6 Å². The van der Waals surface area contributed by atoms with Crippen LogP contribution in [-0.2, 0) is 32.4 Å². The fraction of sp³-hybridized carbons (Fsp3) is 0.385. The summed E-state index contributed by atoms with van der Waals surface area (Å²) < 4.78 is 34.7. The van der Waals surface area contributed by atoms with Crippen LogP contribution in [0.2, 0.25) is 0 Å². The summed E-state index contributed by atoms with van der Waals surface area (Å²) >= 11 is 0. The predicted molar refractivity (Wildman–Crippen MR) is 134 cm³/mol. The first-order valence-electron chi connectivity index (χ1n) is 12.3. The highest BCUT2D eigenvalue weighted by atomic mass is 32.2. The number of aryl methyl sites for hydroxylation is 2. The minimum absolute atomic E-state index is 0.0655. The summed E-state index contributed by atoms with van der Waals surface area (Å²) in [4.78, 5) is 24.9. The average Bonchev–Trinajstić information content (AvgIpc) is 3.37. The highest BCUT2D eigenvalue weighted by molar-refractivity contribution is 7.89. The van der Waals surface area contributed by atoms with E-state index in [1.807, 2.05) is 19.1 Å². The number of nitrogens with one attached hydrogen (secondary N) is 1. The number of hydrogen-bond acceptors (Lipinski definition) is 7. The monoisotopic (exact) mass is 523 g/mol. The normalized spacial score (nSPS) is 20.2. The van der Waals surface area contributed by atoms with Crippen molar-refractivity contribution in [2.75, 3.05) is 20.2 Å². The first kappa shape index (κ1) is 25.1. The number of benzene rings is 2. The predicted octanol–water partition coefficient (Wildman–Crippen LogP) is 2.03. The Morgan fingerprint density at radius 2 is 1.97 bits per heavy atom. The van der Waals surface area contributed by atoms with E-state index < -0.39 is 16.1 Å². The molecule has 1 saturated heterocycles. The van der Waals surface area contributed by atoms with Crippen LogP contribution >= 0.6 is 0 Å². The lowest BCUT2D eigenvalue weighted by Gasteiger charge is -2.33. The lowest BCUT2D eigenvalue weighted by Crippen LogP contribution is -2.57. The van der Waals surface area contributed by atoms with Gasteiger partial charge in [0, 0.05) is 25.7 Å². The van der Waals surface area contributed by atoms with E-state index >= 15 is 0 Å². The van der Waals surface area contributed by atoms with Gasteiger partial charge in [-0.15, -0.1) is 5.10 Å². The van der Waals surface area contributed by atoms with Gasteiger partial charge in [0.2, 0.25) is 15.9 Å². The molecule has 37 heavy (non-hydrogen) atoms. The summed E-state index contributed by atoms with van der Waals surface area (Å²) in [7, 11) is -2.51. The third-order valence-electron chi connectivity index (χ3n) is 7.04. The number of ether oxygens (including phenoxy) is 1. The number of fused-ring (bicyclic) bond motifs is 1. The number of hydrogen-bond donors (Lipinski definition) is 1. The van der Waals surface area contributed by atoms with Crippen molar-refractivity contribution in [3.8, 4) is 0 Å². The van der Waals surface area contributed by atoms with Crippen molar-refractivity contribution in [2.24, 2.45) is 0 Å². The lowest BCUT2D eigenvalue weighted by molar-refractivity contribution is -0.126. The summed E-state index contributed by atoms with van der Waals surface area (Å²) in [6.07, 6.45) is 4.52. The van der Waals surface area contributed by atoms with Crippen molar-refractivity contribution in [1.29, 1.82) is 0 Å². The molecule has 2 aromatic carbocycles. The Morgan fingerprint density at radius 3 is 2.73 bits per heavy atom. The van der Waals surface area contributed by atoms with Crippen molar-refractivity contribution in [3.05, 3.63) is 76.6 Å². The SMILES string of the molecule is COC(=O)c1ccc2c(c1)CCCC2n1cc(C[C@@H]2C(=O)NCCN2S(=O)(=O)c2ccc(C)cc2)nn1. The van der Waals surface area contributed by atoms with Crippen LogP contribution in [0.15, 0.2) is 53.6 Å². The number of methoxy groups -OCH3 is 1. The van der Waals surface area contributed by atoms with E-state index in [0.717, 1.165) is 36.0 Å². The number of rotatable bonds is 6. The molecular formula is C26H29N5O5S. The second-order valence-corrected chi connectivity index (χ2v) is 11.3. The van der Waals surface area contributed by atoms with E-state index in [1.54, 1.807) is 41.2 Å². The molecular weight excluding hydrogens is 494 g/mol. The Bertz CT molecular complexity index is 1430. The molecule has 3 aromatic rings. The van der Waals surface area contributed by atoms with Crippen molar-refractivity contribution < 1.29 is 22.7 Å². The Hall–Kier alpha value is -3.57. The first-order valence-corrected chi connectivity index (χ1v) is 13.7. The topological polar surface area (TPSA) is 123 Å². The van der Waals surface area contributed by atoms with E-state index in [2.05, 4.69) is 15.6 Å². The second-order valence-electron chi connectivity index (χ2n) is 9.44. The van der Waals surface area contributed by atoms with Gasteiger partial charge in [-0.2, -0.15) is 4.31 Å². The molecule has 2 atom stereocenters. The molecule has 2 aliphatic rings. The highest BCUT2D eigenvalue weighted by Gasteiger charge is 2.39. The minimum Gasteiger partial charge on any atom is -0.465 e. The molecule has 5 rings (SSSR count). The molecule has 1 aliphatic heterocycles. The Balaban J connectivity index is 1.39. The molecule has 1 unspecified atom stereocenters. The number of aromatic nitrogens is 3. The summed E-state index contributed by atoms with van der Waals surface area (Å²) in [6, 6.07) is 11.2. The quantitative estimate of drug-likeness (QED) is 0.491. The lowest BCUT2D eigenvalue weighted by atomic mass is 9.86. The molecule has 11 heteroatoms. The number of nitrogens with zero attached hydrogens (tertiary/aromatic N) is 4. The van der Waals surface area contributed by atoms with E-state index in [4.69, 9.17) is 4.74 Å². The Labute approximate surface area is 215 Å². The van der Waals surface area contributed by atoms with Crippen LogP contribution in [0.5, 0.6) is 0 Å². The van der Waals surface area contributed by atoms with Gasteiger partial charge in [-0.1, -0.05) is 29.0 Å². The third kappa shape index (κ3) is 4.88. The minimum atomic E-state index is -3.87. The smallest absolute Gasteiger partial charge is 0.337 e. The maximum Gasteiger partial charge on any atom is 0.337 e. The van der Waals surface area contributed by atoms with Crippen LogP contribution in [0.3, 0.4) is 0 Å². The fourth-order valence-electron chi connectivity index (χ4n) is 5.09. The zero-order chi connectivity index (χ0) is 26.2. The summed E-state index contributed by atoms with van der Waals surface area (Å²) in [5, 5.41) is 11.4. The molecule has 0 radical (unpaired) electrons. The number of carbonyl (C=O) groups is 2. The van der Waals surface area contributed by atoms with Gasteiger partial charge in [0.05, 0.1) is 29.3 Å². The summed E-state index contributed by atoms with van der Waals surface area (Å²) in [5.74, 6) is -0.723. The van der Waals surface area contributed by atoms with Crippen LogP contribution in [-0.4, -0.2) is 65.8 Å². The van der Waals surface area contributed by atoms with Gasteiger partial charge >= 0.3 is 5.97 Å². The van der Waals surface area contributed by atoms with E-state index in [-0.39, 0.29) is 42.3 Å². The van der Waals surface area contributed by atoms with Crippen LogP contribution in [0.1, 0.15) is 51.6 Å². The second kappa shape index (κ2) is 10.1. The molecule has 1 N–H and O–H groups in total. The molecule has 0 saturated carbocycles. The Morgan fingerprint density at radius 1 is 1.19 bits per heavy atom. The van der Waals surface area contributed by atoms with Gasteiger partial charge in [-0.05, 0) is 61.6 Å². The number of amides is 1. The number of sulfonamides is 1. The van der Waals surface area contributed by atoms with Gasteiger partial charge in [0.25, 0.3) is 0 Å². The van der Waals surface area contributed by atoms with E-state index in [9.17, 15) is 18.0 Å². The number of piperazine rings is 1. The van der Waals surface area contributed by atoms with E-state index in [0.29, 0.717) is 11.3 Å². The highest BCUT2D eigenvalue weighted by Crippen LogP contribution is 2.33. The van der Waals surface area contributed by atoms with Gasteiger partial charge in [-0.3, -0.25) is 4.79 Å². The fourth-order valence-corrected chi connectivity index (χ4v) is 6.67. The molecule has 10 nitrogen and oxygen atoms in total. The van der Waals surface area contributed by atoms with Crippen LogP contribution in [0.25, 0.3) is 0 Å². The van der Waals surface area contributed by atoms with Crippen LogP contribution in [0, 0.1) is 6.92 Å². The first-order chi connectivity index (χ1) is 17.8. The van der Waals surface area contributed by atoms with Crippen molar-refractivity contribution in [1.82, 2.24) is 24.6 Å². The van der Waals surface area contributed by atoms with Gasteiger partial charge in [0.15, 0.2) is 0 Å². The van der Waals surface area contributed by atoms with Crippen molar-refractivity contribution >= 4 is 21.9 Å². The Kier molecular flexibility index (Phi) is 6.82. The molecule has 1 aliphatic carbocycles. The van der Waals surface area contributed by atoms with Crippen molar-refractivity contribution in [3.63, 3.8) is 0 Å². The van der Waals surface area contributed by atoms with Gasteiger partial charge < -0.3 is 10.1 Å². The summed E-state index contributed by atoms with van der Waals surface area (Å²) in [5.41, 5.74) is 4.13. The molecule has 2 heterocycles. The largest absolute Gasteiger partial charge is 0.465 e. The van der Waals surface area contributed by atoms with Gasteiger partial charge in [-0.25, -0.2) is 17.9 Å². The molecule has 0 bridgehead atoms. The maximum atomic E-state index is 13.4. The zero-order valence-electron chi connectivity index (χ0n) is 20.8. The van der Waals surface area contributed by atoms with Crippen LogP contribution < -0.4 is 5.32 Å².